The summed E-state index contributed by atoms with van der Waals surface area (Å²) in [4.78, 5) is 36.9. The number of aryl methyl sites for hydroxylation is 1. The van der Waals surface area contributed by atoms with Crippen LogP contribution in [0.3, 0.4) is 0 Å². The summed E-state index contributed by atoms with van der Waals surface area (Å²) in [5, 5.41) is 3.68. The van der Waals surface area contributed by atoms with Gasteiger partial charge >= 0.3 is 5.97 Å². The lowest BCUT2D eigenvalue weighted by molar-refractivity contribution is -0.146. The van der Waals surface area contributed by atoms with Crippen LogP contribution in [-0.4, -0.2) is 24.4 Å². The fourth-order valence-electron chi connectivity index (χ4n) is 3.04. The minimum Gasteiger partial charge on any atom is -0.455 e. The van der Waals surface area contributed by atoms with Crippen LogP contribution in [0.1, 0.15) is 39.2 Å². The third-order valence-electron chi connectivity index (χ3n) is 4.30. The van der Waals surface area contributed by atoms with E-state index in [1.165, 1.54) is 11.3 Å². The summed E-state index contributed by atoms with van der Waals surface area (Å²) in [6.07, 6.45) is 3.77. The van der Waals surface area contributed by atoms with Gasteiger partial charge in [0.1, 0.15) is 5.00 Å². The molecular formula is C19H19ClN2O4S. The number of primary amides is 1. The van der Waals surface area contributed by atoms with Crippen molar-refractivity contribution >= 4 is 45.7 Å². The molecule has 27 heavy (non-hydrogen) atoms. The fourth-order valence-corrected chi connectivity index (χ4v) is 4.48. The Morgan fingerprint density at radius 1 is 1.15 bits per heavy atom. The highest BCUT2D eigenvalue weighted by atomic mass is 35.5. The van der Waals surface area contributed by atoms with Gasteiger partial charge in [-0.1, -0.05) is 23.7 Å². The van der Waals surface area contributed by atoms with Crippen molar-refractivity contribution in [3.63, 3.8) is 0 Å². The Labute approximate surface area is 165 Å². The quantitative estimate of drug-likeness (QED) is 0.720. The molecule has 0 atom stereocenters. The molecule has 3 rings (SSSR count). The number of hydrogen-bond acceptors (Lipinski definition) is 5. The number of hydrogen-bond donors (Lipinski definition) is 2. The number of fused-ring (bicyclic) bond motifs is 1. The Hall–Kier alpha value is -2.38. The molecule has 0 radical (unpaired) electrons. The molecule has 2 aromatic rings. The predicted molar refractivity (Wildman–Crippen MR) is 104 cm³/mol. The molecule has 2 amide bonds. The lowest BCUT2D eigenvalue weighted by atomic mass is 9.95. The topological polar surface area (TPSA) is 98.5 Å². The third-order valence-corrected chi connectivity index (χ3v) is 5.76. The van der Waals surface area contributed by atoms with E-state index >= 15 is 0 Å². The Balaban J connectivity index is 1.58. The summed E-state index contributed by atoms with van der Waals surface area (Å²) in [7, 11) is 0. The molecule has 0 saturated carbocycles. The molecule has 1 aromatic carbocycles. The van der Waals surface area contributed by atoms with E-state index < -0.39 is 24.4 Å². The summed E-state index contributed by atoms with van der Waals surface area (Å²) >= 11 is 7.17. The van der Waals surface area contributed by atoms with Crippen LogP contribution in [0, 0.1) is 0 Å². The molecule has 0 fully saturated rings. The molecule has 142 valence electrons. The number of rotatable bonds is 6. The minimum absolute atomic E-state index is 0.0459. The van der Waals surface area contributed by atoms with Crippen molar-refractivity contribution in [2.75, 3.05) is 11.9 Å². The van der Waals surface area contributed by atoms with Gasteiger partial charge in [0.2, 0.25) is 0 Å². The Bertz CT molecular complexity index is 877. The first kappa shape index (κ1) is 19.4. The number of anilines is 1. The van der Waals surface area contributed by atoms with Crippen molar-refractivity contribution in [3.05, 3.63) is 50.9 Å². The van der Waals surface area contributed by atoms with E-state index in [1.54, 1.807) is 24.3 Å². The molecule has 1 aliphatic carbocycles. The normalized spacial score (nSPS) is 12.9. The number of benzene rings is 1. The first-order valence-corrected chi connectivity index (χ1v) is 9.77. The van der Waals surface area contributed by atoms with E-state index in [9.17, 15) is 14.4 Å². The van der Waals surface area contributed by atoms with Crippen molar-refractivity contribution in [2.45, 2.75) is 32.1 Å². The molecule has 0 unspecified atom stereocenters. The molecule has 3 N–H and O–H groups in total. The number of ether oxygens (including phenoxy) is 1. The Morgan fingerprint density at radius 3 is 2.56 bits per heavy atom. The van der Waals surface area contributed by atoms with Gasteiger partial charge in [0.15, 0.2) is 6.61 Å². The standard InChI is InChI=1S/C19H19ClN2O4S/c20-12-7-5-11(6-8-12)9-16(24)26-10-15(23)22-19-17(18(21)25)13-3-1-2-4-14(13)27-19/h5-8H,1-4,9-10H2,(H2,21,25)(H,22,23). The molecule has 1 heterocycles. The van der Waals surface area contributed by atoms with Crippen LogP contribution < -0.4 is 11.1 Å². The highest BCUT2D eigenvalue weighted by Gasteiger charge is 2.25. The van der Waals surface area contributed by atoms with Crippen LogP contribution >= 0.6 is 22.9 Å². The summed E-state index contributed by atoms with van der Waals surface area (Å²) in [5.41, 5.74) is 7.57. The van der Waals surface area contributed by atoms with Crippen LogP contribution in [-0.2, 0) is 33.6 Å². The lowest BCUT2D eigenvalue weighted by Crippen LogP contribution is -2.23. The summed E-state index contributed by atoms with van der Waals surface area (Å²) in [6, 6.07) is 6.81. The third kappa shape index (κ3) is 4.87. The van der Waals surface area contributed by atoms with E-state index in [2.05, 4.69) is 5.32 Å². The molecular weight excluding hydrogens is 388 g/mol. The van der Waals surface area contributed by atoms with Crippen molar-refractivity contribution in [3.8, 4) is 0 Å². The molecule has 0 spiro atoms. The van der Waals surface area contributed by atoms with Crippen molar-refractivity contribution in [1.82, 2.24) is 0 Å². The van der Waals surface area contributed by atoms with E-state index in [4.69, 9.17) is 22.1 Å². The van der Waals surface area contributed by atoms with Crippen LogP contribution in [0.15, 0.2) is 24.3 Å². The average Bonchev–Trinajstić information content (AvgIpc) is 3.00. The minimum atomic E-state index is -0.551. The highest BCUT2D eigenvalue weighted by Crippen LogP contribution is 2.37. The SMILES string of the molecule is NC(=O)c1c(NC(=O)COC(=O)Cc2ccc(Cl)cc2)sc2c1CCCC2. The largest absolute Gasteiger partial charge is 0.455 e. The zero-order valence-electron chi connectivity index (χ0n) is 14.5. The zero-order chi connectivity index (χ0) is 19.4. The maximum Gasteiger partial charge on any atom is 0.310 e. The number of carbonyl (C=O) groups is 3. The number of thiophene rings is 1. The lowest BCUT2D eigenvalue weighted by Gasteiger charge is -2.11. The highest BCUT2D eigenvalue weighted by molar-refractivity contribution is 7.17. The zero-order valence-corrected chi connectivity index (χ0v) is 16.1. The Morgan fingerprint density at radius 2 is 1.85 bits per heavy atom. The number of carbonyl (C=O) groups excluding carboxylic acids is 3. The van der Waals surface area contributed by atoms with E-state index in [0.29, 0.717) is 15.6 Å². The van der Waals surface area contributed by atoms with Crippen molar-refractivity contribution < 1.29 is 19.1 Å². The second kappa shape index (κ2) is 8.54. The smallest absolute Gasteiger partial charge is 0.310 e. The van der Waals surface area contributed by atoms with E-state index in [1.807, 2.05) is 0 Å². The van der Waals surface area contributed by atoms with Gasteiger partial charge in [-0.25, -0.2) is 0 Å². The number of nitrogens with two attached hydrogens (primary N) is 1. The maximum absolute atomic E-state index is 12.2. The predicted octanol–water partition coefficient (Wildman–Crippen LogP) is 3.10. The van der Waals surface area contributed by atoms with E-state index in [0.717, 1.165) is 41.7 Å². The fraction of sp³-hybridized carbons (Fsp3) is 0.316. The average molecular weight is 407 g/mol. The van der Waals surface area contributed by atoms with Crippen LogP contribution in [0.25, 0.3) is 0 Å². The van der Waals surface area contributed by atoms with Gasteiger partial charge < -0.3 is 15.8 Å². The monoisotopic (exact) mass is 406 g/mol. The number of nitrogens with one attached hydrogen (secondary N) is 1. The molecule has 0 aliphatic heterocycles. The second-order valence-electron chi connectivity index (χ2n) is 6.29. The molecule has 0 bridgehead atoms. The van der Waals surface area contributed by atoms with Crippen LogP contribution in [0.4, 0.5) is 5.00 Å². The van der Waals surface area contributed by atoms with E-state index in [-0.39, 0.29) is 6.42 Å². The van der Waals surface area contributed by atoms with Gasteiger partial charge in [-0.2, -0.15) is 0 Å². The van der Waals surface area contributed by atoms with Gasteiger partial charge in [-0.3, -0.25) is 14.4 Å². The van der Waals surface area contributed by atoms with Crippen LogP contribution in [0.2, 0.25) is 5.02 Å². The molecule has 0 saturated heterocycles. The van der Waals surface area contributed by atoms with Crippen molar-refractivity contribution in [1.29, 1.82) is 0 Å². The van der Waals surface area contributed by atoms with Gasteiger partial charge in [0, 0.05) is 9.90 Å². The molecule has 6 nitrogen and oxygen atoms in total. The van der Waals surface area contributed by atoms with Gasteiger partial charge in [0.25, 0.3) is 11.8 Å². The maximum atomic E-state index is 12.2. The first-order chi connectivity index (χ1) is 12.9. The number of esters is 1. The van der Waals surface area contributed by atoms with Gasteiger partial charge in [0.05, 0.1) is 12.0 Å². The van der Waals surface area contributed by atoms with Gasteiger partial charge in [-0.15, -0.1) is 11.3 Å². The first-order valence-electron chi connectivity index (χ1n) is 8.58. The van der Waals surface area contributed by atoms with Crippen molar-refractivity contribution in [2.24, 2.45) is 5.73 Å². The number of halogens is 1. The molecule has 1 aromatic heterocycles. The molecule has 1 aliphatic rings. The Kier molecular flexibility index (Phi) is 6.13. The summed E-state index contributed by atoms with van der Waals surface area (Å²) in [5.74, 6) is -1.57. The summed E-state index contributed by atoms with van der Waals surface area (Å²) < 4.78 is 5.02. The number of amides is 2. The molecule has 8 heteroatoms. The van der Waals surface area contributed by atoms with Crippen LogP contribution in [0.5, 0.6) is 0 Å². The summed E-state index contributed by atoms with van der Waals surface area (Å²) in [6.45, 7) is -0.423. The van der Waals surface area contributed by atoms with Gasteiger partial charge in [-0.05, 0) is 48.9 Å². The second-order valence-corrected chi connectivity index (χ2v) is 7.83.